The molecule has 2 heteroatoms. The summed E-state index contributed by atoms with van der Waals surface area (Å²) in [5.41, 5.74) is 2.70. The van der Waals surface area contributed by atoms with Crippen molar-refractivity contribution >= 4 is 0 Å². The molecular weight excluding hydrogens is 196 g/mol. The van der Waals surface area contributed by atoms with Gasteiger partial charge in [-0.25, -0.2) is 0 Å². The third kappa shape index (κ3) is 3.99. The van der Waals surface area contributed by atoms with E-state index in [9.17, 15) is 0 Å². The summed E-state index contributed by atoms with van der Waals surface area (Å²) in [6.07, 6.45) is 11.4. The second-order valence-electron chi connectivity index (χ2n) is 4.79. The van der Waals surface area contributed by atoms with Crippen LogP contribution in [0.1, 0.15) is 76.0 Å². The molecule has 1 unspecified atom stereocenters. The molecule has 0 bridgehead atoms. The van der Waals surface area contributed by atoms with Crippen molar-refractivity contribution in [1.29, 1.82) is 0 Å². The number of nitrogens with zero attached hydrogens (tertiary/aromatic N) is 1. The van der Waals surface area contributed by atoms with Crippen molar-refractivity contribution < 1.29 is 0 Å². The first-order chi connectivity index (χ1) is 7.79. The predicted molar refractivity (Wildman–Crippen MR) is 69.7 cm³/mol. The first-order valence-corrected chi connectivity index (χ1v) is 6.79. The number of H-pyrrole nitrogens is 1. The van der Waals surface area contributed by atoms with Crippen LogP contribution in [0.25, 0.3) is 0 Å². The van der Waals surface area contributed by atoms with E-state index >= 15 is 0 Å². The summed E-state index contributed by atoms with van der Waals surface area (Å²) in [5.74, 6) is 0.723. The minimum absolute atomic E-state index is 0.723. The SMILES string of the molecule is CCCCCCC(CCC)c1cn[nH]c1C. The maximum Gasteiger partial charge on any atom is 0.0524 e. The molecule has 0 spiro atoms. The maximum atomic E-state index is 4.14. The number of hydrogen-bond acceptors (Lipinski definition) is 1. The lowest BCUT2D eigenvalue weighted by Crippen LogP contribution is -1.99. The molecule has 16 heavy (non-hydrogen) atoms. The molecule has 1 atom stereocenters. The first-order valence-electron chi connectivity index (χ1n) is 6.79. The molecule has 0 aliphatic carbocycles. The van der Waals surface area contributed by atoms with E-state index in [1.807, 2.05) is 6.20 Å². The van der Waals surface area contributed by atoms with E-state index < -0.39 is 0 Å². The van der Waals surface area contributed by atoms with Crippen LogP contribution in [0.4, 0.5) is 0 Å². The van der Waals surface area contributed by atoms with Gasteiger partial charge in [-0.15, -0.1) is 0 Å². The molecule has 0 saturated carbocycles. The van der Waals surface area contributed by atoms with E-state index in [0.717, 1.165) is 5.92 Å². The Bertz CT molecular complexity index is 278. The number of aryl methyl sites for hydroxylation is 1. The molecule has 0 aromatic carbocycles. The molecule has 92 valence electrons. The van der Waals surface area contributed by atoms with Crippen molar-refractivity contribution in [2.75, 3.05) is 0 Å². The van der Waals surface area contributed by atoms with Gasteiger partial charge in [-0.3, -0.25) is 5.10 Å². The Morgan fingerprint density at radius 2 is 1.94 bits per heavy atom. The second kappa shape index (κ2) is 7.48. The topological polar surface area (TPSA) is 28.7 Å². The van der Waals surface area contributed by atoms with Crippen LogP contribution in [0.5, 0.6) is 0 Å². The highest BCUT2D eigenvalue weighted by atomic mass is 15.1. The highest BCUT2D eigenvalue weighted by molar-refractivity contribution is 5.19. The summed E-state index contributed by atoms with van der Waals surface area (Å²) in [4.78, 5) is 0. The minimum atomic E-state index is 0.723. The highest BCUT2D eigenvalue weighted by Crippen LogP contribution is 2.28. The Labute approximate surface area is 99.8 Å². The lowest BCUT2D eigenvalue weighted by Gasteiger charge is -2.15. The third-order valence-corrected chi connectivity index (χ3v) is 3.35. The Morgan fingerprint density at radius 1 is 1.12 bits per heavy atom. The van der Waals surface area contributed by atoms with Crippen LogP contribution in [-0.4, -0.2) is 10.2 Å². The largest absolute Gasteiger partial charge is 0.283 e. The van der Waals surface area contributed by atoms with Crippen LogP contribution in [0.3, 0.4) is 0 Å². The number of hydrogen-bond donors (Lipinski definition) is 1. The van der Waals surface area contributed by atoms with E-state index in [1.54, 1.807) is 0 Å². The fourth-order valence-electron chi connectivity index (χ4n) is 2.39. The Kier molecular flexibility index (Phi) is 6.20. The molecule has 0 aliphatic rings. The van der Waals surface area contributed by atoms with Gasteiger partial charge in [0.15, 0.2) is 0 Å². The maximum absolute atomic E-state index is 4.14. The van der Waals surface area contributed by atoms with E-state index in [0.29, 0.717) is 0 Å². The zero-order chi connectivity index (χ0) is 11.8. The van der Waals surface area contributed by atoms with Crippen LogP contribution < -0.4 is 0 Å². The van der Waals surface area contributed by atoms with E-state index in [1.165, 1.54) is 56.2 Å². The van der Waals surface area contributed by atoms with Crippen molar-refractivity contribution in [3.05, 3.63) is 17.5 Å². The summed E-state index contributed by atoms with van der Waals surface area (Å²) in [6.45, 7) is 6.68. The van der Waals surface area contributed by atoms with Gasteiger partial charge in [-0.2, -0.15) is 5.10 Å². The van der Waals surface area contributed by atoms with Gasteiger partial charge in [0.2, 0.25) is 0 Å². The van der Waals surface area contributed by atoms with Gasteiger partial charge in [0.25, 0.3) is 0 Å². The molecule has 0 aliphatic heterocycles. The van der Waals surface area contributed by atoms with Crippen molar-refractivity contribution in [2.45, 2.75) is 71.6 Å². The minimum Gasteiger partial charge on any atom is -0.283 e. The van der Waals surface area contributed by atoms with E-state index in [2.05, 4.69) is 31.0 Å². The van der Waals surface area contributed by atoms with Gasteiger partial charge in [0, 0.05) is 5.69 Å². The molecule has 0 amide bonds. The van der Waals surface area contributed by atoms with E-state index in [-0.39, 0.29) is 0 Å². The normalized spacial score (nSPS) is 12.9. The van der Waals surface area contributed by atoms with Crippen molar-refractivity contribution in [1.82, 2.24) is 10.2 Å². The van der Waals surface area contributed by atoms with Crippen molar-refractivity contribution in [2.24, 2.45) is 0 Å². The summed E-state index contributed by atoms with van der Waals surface area (Å²) in [6, 6.07) is 0. The van der Waals surface area contributed by atoms with Crippen LogP contribution in [0, 0.1) is 6.92 Å². The fourth-order valence-corrected chi connectivity index (χ4v) is 2.39. The van der Waals surface area contributed by atoms with Gasteiger partial charge < -0.3 is 0 Å². The van der Waals surface area contributed by atoms with Gasteiger partial charge in [0.05, 0.1) is 6.20 Å². The van der Waals surface area contributed by atoms with Gasteiger partial charge in [0.1, 0.15) is 0 Å². The van der Waals surface area contributed by atoms with Crippen molar-refractivity contribution in [3.63, 3.8) is 0 Å². The van der Waals surface area contributed by atoms with Crippen LogP contribution in [-0.2, 0) is 0 Å². The van der Waals surface area contributed by atoms with E-state index in [4.69, 9.17) is 0 Å². The fraction of sp³-hybridized carbons (Fsp3) is 0.786. The summed E-state index contributed by atoms with van der Waals surface area (Å²) in [5, 5.41) is 7.20. The van der Waals surface area contributed by atoms with Crippen LogP contribution >= 0.6 is 0 Å². The molecule has 0 radical (unpaired) electrons. The second-order valence-corrected chi connectivity index (χ2v) is 4.79. The quantitative estimate of drug-likeness (QED) is 0.641. The molecular formula is C14H26N2. The molecule has 1 heterocycles. The smallest absolute Gasteiger partial charge is 0.0524 e. The standard InChI is InChI=1S/C14H26N2/c1-4-6-7-8-10-13(9-5-2)14-11-15-16-12(14)3/h11,13H,4-10H2,1-3H3,(H,15,16). The van der Waals surface area contributed by atoms with Gasteiger partial charge in [-0.1, -0.05) is 46.0 Å². The van der Waals surface area contributed by atoms with Gasteiger partial charge >= 0.3 is 0 Å². The summed E-state index contributed by atoms with van der Waals surface area (Å²) >= 11 is 0. The molecule has 0 saturated heterocycles. The Morgan fingerprint density at radius 3 is 2.50 bits per heavy atom. The average molecular weight is 222 g/mol. The monoisotopic (exact) mass is 222 g/mol. The molecule has 1 rings (SSSR count). The molecule has 1 aromatic rings. The van der Waals surface area contributed by atoms with Crippen LogP contribution in [0.2, 0.25) is 0 Å². The lowest BCUT2D eigenvalue weighted by atomic mass is 9.90. The zero-order valence-electron chi connectivity index (χ0n) is 11.1. The first kappa shape index (κ1) is 13.3. The summed E-state index contributed by atoms with van der Waals surface area (Å²) in [7, 11) is 0. The molecule has 0 fully saturated rings. The molecule has 2 nitrogen and oxygen atoms in total. The number of rotatable bonds is 8. The number of unbranched alkanes of at least 4 members (excludes halogenated alkanes) is 3. The zero-order valence-corrected chi connectivity index (χ0v) is 11.1. The van der Waals surface area contributed by atoms with Gasteiger partial charge in [-0.05, 0) is 31.2 Å². The Balaban J connectivity index is 2.45. The molecule has 1 N–H and O–H groups in total. The third-order valence-electron chi connectivity index (χ3n) is 3.35. The Hall–Kier alpha value is -0.790. The summed E-state index contributed by atoms with van der Waals surface area (Å²) < 4.78 is 0. The number of nitrogens with one attached hydrogen (secondary N) is 1. The van der Waals surface area contributed by atoms with Crippen LogP contribution in [0.15, 0.2) is 6.20 Å². The average Bonchev–Trinajstić information content (AvgIpc) is 2.69. The number of aromatic nitrogens is 2. The molecule has 1 aromatic heterocycles. The highest BCUT2D eigenvalue weighted by Gasteiger charge is 2.13. The number of aromatic amines is 1. The van der Waals surface area contributed by atoms with Crippen molar-refractivity contribution in [3.8, 4) is 0 Å². The lowest BCUT2D eigenvalue weighted by molar-refractivity contribution is 0.520. The predicted octanol–water partition coefficient (Wildman–Crippen LogP) is 4.57.